The Labute approximate surface area is 99.5 Å². The normalized spacial score (nSPS) is 10.6. The SMILES string of the molecule is c1ccc2cc(NCc3ccn[nH]3)ccc2c1. The van der Waals surface area contributed by atoms with Crippen LogP contribution < -0.4 is 5.32 Å². The van der Waals surface area contributed by atoms with Crippen molar-refractivity contribution in [3.63, 3.8) is 0 Å². The van der Waals surface area contributed by atoms with Gasteiger partial charge in [-0.15, -0.1) is 0 Å². The Balaban J connectivity index is 1.81. The van der Waals surface area contributed by atoms with Gasteiger partial charge in [0.15, 0.2) is 0 Å². The van der Waals surface area contributed by atoms with Crippen molar-refractivity contribution in [3.8, 4) is 0 Å². The Kier molecular flexibility index (Phi) is 2.50. The van der Waals surface area contributed by atoms with Gasteiger partial charge in [-0.25, -0.2) is 0 Å². The van der Waals surface area contributed by atoms with E-state index in [9.17, 15) is 0 Å². The summed E-state index contributed by atoms with van der Waals surface area (Å²) in [5, 5.41) is 12.7. The van der Waals surface area contributed by atoms with Crippen molar-refractivity contribution >= 4 is 16.5 Å². The highest BCUT2D eigenvalue weighted by Crippen LogP contribution is 2.19. The van der Waals surface area contributed by atoms with Gasteiger partial charge in [0.1, 0.15) is 0 Å². The van der Waals surface area contributed by atoms with Gasteiger partial charge in [-0.1, -0.05) is 30.3 Å². The maximum absolute atomic E-state index is 3.92. The standard InChI is InChI=1S/C14H13N3/c1-2-4-12-9-13(6-5-11(12)3-1)15-10-14-7-8-16-17-14/h1-9,15H,10H2,(H,16,17). The number of aromatic amines is 1. The third-order valence-corrected chi connectivity index (χ3v) is 2.79. The summed E-state index contributed by atoms with van der Waals surface area (Å²) >= 11 is 0. The number of benzene rings is 2. The van der Waals surface area contributed by atoms with Crippen molar-refractivity contribution in [2.45, 2.75) is 6.54 Å². The number of nitrogens with zero attached hydrogens (tertiary/aromatic N) is 1. The molecule has 2 aromatic carbocycles. The molecular weight excluding hydrogens is 210 g/mol. The zero-order chi connectivity index (χ0) is 11.5. The van der Waals surface area contributed by atoms with Gasteiger partial charge < -0.3 is 5.32 Å². The van der Waals surface area contributed by atoms with Crippen molar-refractivity contribution < 1.29 is 0 Å². The molecule has 0 atom stereocenters. The first-order chi connectivity index (χ1) is 8.42. The quantitative estimate of drug-likeness (QED) is 0.716. The van der Waals surface area contributed by atoms with E-state index in [-0.39, 0.29) is 0 Å². The molecule has 0 aliphatic carbocycles. The highest BCUT2D eigenvalue weighted by molar-refractivity contribution is 5.85. The van der Waals surface area contributed by atoms with E-state index in [1.165, 1.54) is 10.8 Å². The topological polar surface area (TPSA) is 40.7 Å². The largest absolute Gasteiger partial charge is 0.379 e. The Morgan fingerprint density at radius 2 is 1.88 bits per heavy atom. The number of anilines is 1. The molecule has 3 aromatic rings. The molecule has 3 heteroatoms. The molecule has 0 amide bonds. The van der Waals surface area contributed by atoms with Crippen LogP contribution in [0.5, 0.6) is 0 Å². The molecule has 0 fully saturated rings. The van der Waals surface area contributed by atoms with Crippen LogP contribution in [0.3, 0.4) is 0 Å². The molecule has 17 heavy (non-hydrogen) atoms. The molecule has 84 valence electrons. The Hall–Kier alpha value is -2.29. The zero-order valence-electron chi connectivity index (χ0n) is 9.35. The molecule has 3 nitrogen and oxygen atoms in total. The minimum atomic E-state index is 0.762. The molecule has 0 unspecified atom stereocenters. The van der Waals surface area contributed by atoms with E-state index in [1.807, 2.05) is 6.07 Å². The van der Waals surface area contributed by atoms with Gasteiger partial charge in [0, 0.05) is 11.9 Å². The summed E-state index contributed by atoms with van der Waals surface area (Å²) in [6, 6.07) is 16.7. The van der Waals surface area contributed by atoms with Crippen LogP contribution in [-0.4, -0.2) is 10.2 Å². The van der Waals surface area contributed by atoms with E-state index < -0.39 is 0 Å². The van der Waals surface area contributed by atoms with Crippen LogP contribution in [0.2, 0.25) is 0 Å². The van der Waals surface area contributed by atoms with Crippen LogP contribution in [0.4, 0.5) is 5.69 Å². The van der Waals surface area contributed by atoms with Crippen molar-refractivity contribution in [3.05, 3.63) is 60.4 Å². The number of hydrogen-bond acceptors (Lipinski definition) is 2. The average Bonchev–Trinajstić information content (AvgIpc) is 2.89. The fraction of sp³-hybridized carbons (Fsp3) is 0.0714. The number of hydrogen-bond donors (Lipinski definition) is 2. The molecule has 1 aromatic heterocycles. The summed E-state index contributed by atoms with van der Waals surface area (Å²) in [7, 11) is 0. The monoisotopic (exact) mass is 223 g/mol. The summed E-state index contributed by atoms with van der Waals surface area (Å²) in [5.41, 5.74) is 2.21. The summed E-state index contributed by atoms with van der Waals surface area (Å²) < 4.78 is 0. The molecule has 0 spiro atoms. The summed E-state index contributed by atoms with van der Waals surface area (Å²) in [6.07, 6.45) is 1.76. The fourth-order valence-corrected chi connectivity index (χ4v) is 1.88. The fourth-order valence-electron chi connectivity index (χ4n) is 1.88. The highest BCUT2D eigenvalue weighted by atomic mass is 15.1. The zero-order valence-corrected chi connectivity index (χ0v) is 9.35. The van der Waals surface area contributed by atoms with Gasteiger partial charge in [-0.05, 0) is 29.0 Å². The number of fused-ring (bicyclic) bond motifs is 1. The molecule has 0 saturated heterocycles. The second-order valence-corrected chi connectivity index (χ2v) is 4.00. The molecule has 2 N–H and O–H groups in total. The van der Waals surface area contributed by atoms with Crippen molar-refractivity contribution in [1.29, 1.82) is 0 Å². The van der Waals surface area contributed by atoms with Gasteiger partial charge >= 0.3 is 0 Å². The molecule has 0 aliphatic heterocycles. The third-order valence-electron chi connectivity index (χ3n) is 2.79. The second kappa shape index (κ2) is 4.29. The Bertz CT molecular complexity index is 614. The summed E-state index contributed by atoms with van der Waals surface area (Å²) in [4.78, 5) is 0. The van der Waals surface area contributed by atoms with Crippen molar-refractivity contribution in [2.75, 3.05) is 5.32 Å². The number of aromatic nitrogens is 2. The van der Waals surface area contributed by atoms with Crippen LogP contribution in [0, 0.1) is 0 Å². The van der Waals surface area contributed by atoms with Crippen LogP contribution in [0.15, 0.2) is 54.7 Å². The maximum atomic E-state index is 3.92. The smallest absolute Gasteiger partial charge is 0.0567 e. The second-order valence-electron chi connectivity index (χ2n) is 4.00. The highest BCUT2D eigenvalue weighted by Gasteiger charge is 1.97. The van der Waals surface area contributed by atoms with Crippen LogP contribution in [0.25, 0.3) is 10.8 Å². The molecule has 0 bridgehead atoms. The van der Waals surface area contributed by atoms with E-state index in [4.69, 9.17) is 0 Å². The lowest BCUT2D eigenvalue weighted by Gasteiger charge is -2.06. The van der Waals surface area contributed by atoms with Gasteiger partial charge in [0.05, 0.1) is 12.2 Å². The predicted molar refractivity (Wildman–Crippen MR) is 69.9 cm³/mol. The lowest BCUT2D eigenvalue weighted by Crippen LogP contribution is -1.99. The molecule has 1 heterocycles. The first kappa shape index (κ1) is 9.90. The van der Waals surface area contributed by atoms with Crippen LogP contribution in [-0.2, 0) is 6.54 Å². The maximum Gasteiger partial charge on any atom is 0.0567 e. The van der Waals surface area contributed by atoms with Gasteiger partial charge in [0.25, 0.3) is 0 Å². The summed E-state index contributed by atoms with van der Waals surface area (Å²) in [5.74, 6) is 0. The lowest BCUT2D eigenvalue weighted by molar-refractivity contribution is 0.982. The van der Waals surface area contributed by atoms with Crippen molar-refractivity contribution in [2.24, 2.45) is 0 Å². The number of H-pyrrole nitrogens is 1. The lowest BCUT2D eigenvalue weighted by atomic mass is 10.1. The van der Waals surface area contributed by atoms with E-state index in [0.29, 0.717) is 0 Å². The minimum Gasteiger partial charge on any atom is -0.379 e. The Morgan fingerprint density at radius 3 is 2.71 bits per heavy atom. The predicted octanol–water partition coefficient (Wildman–Crippen LogP) is 3.18. The van der Waals surface area contributed by atoms with E-state index in [1.54, 1.807) is 6.20 Å². The molecule has 3 rings (SSSR count). The molecule has 0 saturated carbocycles. The van der Waals surface area contributed by atoms with Crippen molar-refractivity contribution in [1.82, 2.24) is 10.2 Å². The average molecular weight is 223 g/mol. The Morgan fingerprint density at radius 1 is 1.00 bits per heavy atom. The molecule has 0 aliphatic rings. The van der Waals surface area contributed by atoms with Crippen LogP contribution >= 0.6 is 0 Å². The number of nitrogens with one attached hydrogen (secondary N) is 2. The first-order valence-electron chi connectivity index (χ1n) is 5.63. The van der Waals surface area contributed by atoms with Crippen LogP contribution in [0.1, 0.15) is 5.69 Å². The number of rotatable bonds is 3. The first-order valence-corrected chi connectivity index (χ1v) is 5.63. The van der Waals surface area contributed by atoms with E-state index >= 15 is 0 Å². The molecular formula is C14H13N3. The van der Waals surface area contributed by atoms with E-state index in [0.717, 1.165) is 17.9 Å². The van der Waals surface area contributed by atoms with Gasteiger partial charge in [-0.3, -0.25) is 5.10 Å². The van der Waals surface area contributed by atoms with E-state index in [2.05, 4.69) is 58.0 Å². The van der Waals surface area contributed by atoms with Gasteiger partial charge in [0.2, 0.25) is 0 Å². The molecule has 0 radical (unpaired) electrons. The third kappa shape index (κ3) is 2.13. The summed E-state index contributed by atoms with van der Waals surface area (Å²) in [6.45, 7) is 0.762. The van der Waals surface area contributed by atoms with Gasteiger partial charge in [-0.2, -0.15) is 5.10 Å². The minimum absolute atomic E-state index is 0.762.